The number of alkyl halides is 6. The van der Waals surface area contributed by atoms with Gasteiger partial charge in [0.2, 0.25) is 0 Å². The molecule has 2 nitrogen and oxygen atoms in total. The summed E-state index contributed by atoms with van der Waals surface area (Å²) in [6.45, 7) is 0. The van der Waals surface area contributed by atoms with Gasteiger partial charge in [-0.15, -0.1) is 46.4 Å². The maximum absolute atomic E-state index is 7.32. The molecule has 4 aliphatic rings. The predicted molar refractivity (Wildman–Crippen MR) is 147 cm³/mol. The maximum atomic E-state index is 7.32. The topological polar surface area (TPSA) is 17.8 Å². The Balaban J connectivity index is 1.48. The molecule has 0 radical (unpaired) electrons. The van der Waals surface area contributed by atoms with E-state index >= 15 is 0 Å². The summed E-state index contributed by atoms with van der Waals surface area (Å²) >= 11 is 54.7. The van der Waals surface area contributed by atoms with Crippen molar-refractivity contribution in [2.75, 3.05) is 0 Å². The van der Waals surface area contributed by atoms with Gasteiger partial charge >= 0.3 is 0 Å². The molecule has 0 aliphatic heterocycles. The fraction of sp³-hybridized carbons (Fsp3) is 0.400. The van der Waals surface area contributed by atoms with E-state index in [4.69, 9.17) is 97.9 Å². The molecular formula is C25H16Cl8N2. The predicted octanol–water partition coefficient (Wildman–Crippen LogP) is 9.03. The van der Waals surface area contributed by atoms with Crippen molar-refractivity contribution in [1.82, 2.24) is 9.78 Å². The van der Waals surface area contributed by atoms with Gasteiger partial charge in [0.25, 0.3) is 0 Å². The second-order valence-electron chi connectivity index (χ2n) is 9.96. The Morgan fingerprint density at radius 3 is 1.83 bits per heavy atom. The van der Waals surface area contributed by atoms with Crippen LogP contribution in [0.25, 0.3) is 16.9 Å². The zero-order chi connectivity index (χ0) is 24.7. The van der Waals surface area contributed by atoms with Crippen LogP contribution in [-0.2, 0) is 0 Å². The fourth-order valence-corrected chi connectivity index (χ4v) is 11.2. The van der Waals surface area contributed by atoms with Crippen LogP contribution >= 0.6 is 92.8 Å². The maximum Gasteiger partial charge on any atom is 0.159 e. The molecule has 0 spiro atoms. The zero-order valence-corrected chi connectivity index (χ0v) is 23.8. The lowest BCUT2D eigenvalue weighted by Crippen LogP contribution is -2.51. The van der Waals surface area contributed by atoms with Gasteiger partial charge in [-0.05, 0) is 60.6 Å². The Hall–Kier alpha value is -0.0300. The molecule has 8 atom stereocenters. The zero-order valence-electron chi connectivity index (χ0n) is 17.7. The first-order chi connectivity index (χ1) is 16.5. The molecule has 0 amide bonds. The molecule has 10 heteroatoms. The van der Waals surface area contributed by atoms with Crippen LogP contribution in [-0.4, -0.2) is 34.6 Å². The molecule has 3 saturated carbocycles. The van der Waals surface area contributed by atoms with Gasteiger partial charge in [-0.2, -0.15) is 5.10 Å². The number of halogens is 8. The largest absolute Gasteiger partial charge is 0.237 e. The highest BCUT2D eigenvalue weighted by atomic mass is 35.5. The van der Waals surface area contributed by atoms with Crippen molar-refractivity contribution >= 4 is 92.8 Å². The van der Waals surface area contributed by atoms with Crippen LogP contribution in [0.1, 0.15) is 29.5 Å². The SMILES string of the molecule is Clc1ccc(-c2nn(-c3ccc(Cl)cc3)c3c2[C@H]2C[C@@H]3C3C2[C@]2(Cl)C(Cl)C(Cl)[C@@]3(Cl)C2(Cl)Cl)cc1. The van der Waals surface area contributed by atoms with Crippen molar-refractivity contribution in [2.24, 2.45) is 11.8 Å². The van der Waals surface area contributed by atoms with Gasteiger partial charge in [0.15, 0.2) is 4.33 Å². The Morgan fingerprint density at radius 2 is 1.26 bits per heavy atom. The lowest BCUT2D eigenvalue weighted by molar-refractivity contribution is 0.248. The van der Waals surface area contributed by atoms with Gasteiger partial charge in [-0.3, -0.25) is 0 Å². The number of hydrogen-bond donors (Lipinski definition) is 0. The molecule has 7 rings (SSSR count). The summed E-state index contributed by atoms with van der Waals surface area (Å²) < 4.78 is 0.506. The highest BCUT2D eigenvalue weighted by Gasteiger charge is 2.89. The van der Waals surface area contributed by atoms with E-state index in [-0.39, 0.29) is 23.7 Å². The average molecular weight is 628 g/mol. The van der Waals surface area contributed by atoms with Crippen molar-refractivity contribution in [2.45, 2.75) is 43.1 Å². The smallest absolute Gasteiger partial charge is 0.159 e. The van der Waals surface area contributed by atoms with Crippen LogP contribution < -0.4 is 0 Å². The Labute approximate surface area is 242 Å². The molecule has 1 heterocycles. The molecule has 4 unspecified atom stereocenters. The highest BCUT2D eigenvalue weighted by molar-refractivity contribution is 6.62. The van der Waals surface area contributed by atoms with Crippen LogP contribution in [0.15, 0.2) is 48.5 Å². The minimum atomic E-state index is -1.49. The van der Waals surface area contributed by atoms with Crippen molar-refractivity contribution in [3.05, 3.63) is 69.8 Å². The van der Waals surface area contributed by atoms with Crippen LogP contribution in [0, 0.1) is 11.8 Å². The molecular weight excluding hydrogens is 612 g/mol. The summed E-state index contributed by atoms with van der Waals surface area (Å²) in [5.74, 6) is -0.232. The molecule has 4 bridgehead atoms. The average Bonchev–Trinajstić information content (AvgIpc) is 3.56. The third-order valence-electron chi connectivity index (χ3n) is 8.62. The molecule has 0 saturated heterocycles. The van der Waals surface area contributed by atoms with Gasteiger partial charge in [-0.25, -0.2) is 4.68 Å². The summed E-state index contributed by atoms with van der Waals surface area (Å²) in [6, 6.07) is 15.3. The first-order valence-corrected chi connectivity index (χ1v) is 14.4. The standard InChI is InChI=1S/C25H16Cl8N2/c26-11-3-1-10(2-4-11)19-16-14-9-15(20(16)35(34-19)13-7-5-12(27)6-8-13)18-17(14)23(30)21(28)22(29)24(18,31)25(23,32)33/h1-8,14-15,17-18,21-22H,9H2/t14-,15-,17?,18?,21?,22?,23+,24-/m1/s1. The number of benzene rings is 2. The summed E-state index contributed by atoms with van der Waals surface area (Å²) in [5.41, 5.74) is 4.99. The second kappa shape index (κ2) is 7.54. The molecule has 182 valence electrons. The van der Waals surface area contributed by atoms with E-state index in [1.165, 1.54) is 0 Å². The second-order valence-corrected chi connectivity index (χ2v) is 14.3. The Bertz CT molecular complexity index is 1270. The van der Waals surface area contributed by atoms with Crippen LogP contribution in [0.5, 0.6) is 0 Å². The van der Waals surface area contributed by atoms with Gasteiger partial charge in [0.1, 0.15) is 9.75 Å². The number of aromatic nitrogens is 2. The van der Waals surface area contributed by atoms with Crippen molar-refractivity contribution < 1.29 is 0 Å². The molecule has 3 aromatic rings. The van der Waals surface area contributed by atoms with Crippen molar-refractivity contribution in [3.63, 3.8) is 0 Å². The fourth-order valence-electron chi connectivity index (χ4n) is 7.37. The van der Waals surface area contributed by atoms with Crippen LogP contribution in [0.4, 0.5) is 0 Å². The number of fused-ring (bicyclic) bond motifs is 12. The van der Waals surface area contributed by atoms with E-state index in [0.717, 1.165) is 34.6 Å². The first kappa shape index (κ1) is 24.0. The highest BCUT2D eigenvalue weighted by Crippen LogP contribution is 2.84. The van der Waals surface area contributed by atoms with Gasteiger partial charge in [-0.1, -0.05) is 58.5 Å². The van der Waals surface area contributed by atoms with E-state index < -0.39 is 24.8 Å². The molecule has 35 heavy (non-hydrogen) atoms. The molecule has 0 N–H and O–H groups in total. The summed E-state index contributed by atoms with van der Waals surface area (Å²) in [7, 11) is 0. The number of hydrogen-bond acceptors (Lipinski definition) is 1. The molecule has 2 aromatic carbocycles. The van der Waals surface area contributed by atoms with Gasteiger partial charge in [0, 0.05) is 27.1 Å². The number of nitrogens with zero attached hydrogens (tertiary/aromatic N) is 2. The van der Waals surface area contributed by atoms with Gasteiger partial charge in [0.05, 0.1) is 27.8 Å². The third-order valence-corrected chi connectivity index (χ3v) is 13.9. The monoisotopic (exact) mass is 624 g/mol. The minimum Gasteiger partial charge on any atom is -0.237 e. The lowest BCUT2D eigenvalue weighted by atomic mass is 9.69. The third kappa shape index (κ3) is 2.67. The molecule has 1 aromatic heterocycles. The summed E-state index contributed by atoms with van der Waals surface area (Å²) in [4.78, 5) is -2.35. The van der Waals surface area contributed by atoms with Crippen LogP contribution in [0.3, 0.4) is 0 Å². The van der Waals surface area contributed by atoms with E-state index in [1.807, 2.05) is 53.2 Å². The van der Waals surface area contributed by atoms with Gasteiger partial charge < -0.3 is 0 Å². The summed E-state index contributed by atoms with van der Waals surface area (Å²) in [5, 5.41) is 5.07. The van der Waals surface area contributed by atoms with E-state index in [9.17, 15) is 0 Å². The molecule has 3 fully saturated rings. The minimum absolute atomic E-state index is 0.0182. The van der Waals surface area contributed by atoms with Crippen LogP contribution in [0.2, 0.25) is 10.0 Å². The quantitative estimate of drug-likeness (QED) is 0.205. The normalized spacial score (nSPS) is 39.8. The van der Waals surface area contributed by atoms with E-state index in [1.54, 1.807) is 0 Å². The van der Waals surface area contributed by atoms with Crippen molar-refractivity contribution in [3.8, 4) is 16.9 Å². The Morgan fingerprint density at radius 1 is 0.743 bits per heavy atom. The van der Waals surface area contributed by atoms with Crippen molar-refractivity contribution in [1.29, 1.82) is 0 Å². The lowest BCUT2D eigenvalue weighted by Gasteiger charge is -2.44. The molecule has 4 aliphatic carbocycles. The Kier molecular flexibility index (Phi) is 5.18. The van der Waals surface area contributed by atoms with E-state index in [0.29, 0.717) is 10.0 Å². The summed E-state index contributed by atoms with van der Waals surface area (Å²) in [6.07, 6.45) is 0.858. The number of rotatable bonds is 2. The first-order valence-electron chi connectivity index (χ1n) is 11.2. The van der Waals surface area contributed by atoms with E-state index in [2.05, 4.69) is 0 Å².